The maximum absolute atomic E-state index is 12.6. The van der Waals surface area contributed by atoms with E-state index >= 15 is 0 Å². The number of aromatic nitrogens is 2. The molecule has 0 unspecified atom stereocenters. The molecule has 2 N–H and O–H groups in total. The van der Waals surface area contributed by atoms with Crippen LogP contribution in [0.2, 0.25) is 5.02 Å². The summed E-state index contributed by atoms with van der Waals surface area (Å²) in [7, 11) is 0. The minimum atomic E-state index is -4.56. The molecule has 2 aromatic rings. The Morgan fingerprint density at radius 1 is 1.17 bits per heavy atom. The minimum Gasteiger partial charge on any atom is -0.475 e. The molecule has 0 aromatic carbocycles. The zero-order valence-electron chi connectivity index (χ0n) is 16.4. The van der Waals surface area contributed by atoms with Gasteiger partial charge in [0.1, 0.15) is 17.4 Å². The van der Waals surface area contributed by atoms with Gasteiger partial charge in [0, 0.05) is 23.4 Å². The van der Waals surface area contributed by atoms with Crippen molar-refractivity contribution < 1.29 is 27.5 Å². The Morgan fingerprint density at radius 2 is 1.87 bits per heavy atom. The summed E-state index contributed by atoms with van der Waals surface area (Å²) in [4.78, 5) is 31.8. The number of nitrogens with zero attached hydrogens (tertiary/aromatic N) is 2. The predicted molar refractivity (Wildman–Crippen MR) is 104 cm³/mol. The number of amides is 2. The summed E-state index contributed by atoms with van der Waals surface area (Å²) in [5.41, 5.74) is -1.34. The fourth-order valence-corrected chi connectivity index (χ4v) is 2.27. The van der Waals surface area contributed by atoms with Crippen molar-refractivity contribution in [1.29, 1.82) is 0 Å². The largest absolute Gasteiger partial charge is 0.475 e. The molecule has 0 atom stereocenters. The highest BCUT2D eigenvalue weighted by atomic mass is 35.5. The Balaban J connectivity index is 1.88. The molecular weight excluding hydrogens is 425 g/mol. The van der Waals surface area contributed by atoms with Gasteiger partial charge in [-0.1, -0.05) is 32.4 Å². The van der Waals surface area contributed by atoms with Gasteiger partial charge in [0.15, 0.2) is 0 Å². The van der Waals surface area contributed by atoms with Crippen LogP contribution in [0.15, 0.2) is 30.6 Å². The van der Waals surface area contributed by atoms with Gasteiger partial charge in [0.25, 0.3) is 5.91 Å². The second-order valence-electron chi connectivity index (χ2n) is 7.25. The molecule has 162 valence electrons. The van der Waals surface area contributed by atoms with Crippen LogP contribution in [0, 0.1) is 5.41 Å². The van der Waals surface area contributed by atoms with Crippen LogP contribution >= 0.6 is 11.6 Å². The monoisotopic (exact) mass is 444 g/mol. The summed E-state index contributed by atoms with van der Waals surface area (Å²) in [6, 6.07) is 3.61. The van der Waals surface area contributed by atoms with E-state index < -0.39 is 23.1 Å². The lowest BCUT2D eigenvalue weighted by atomic mass is 9.96. The van der Waals surface area contributed by atoms with E-state index in [0.29, 0.717) is 12.3 Å². The summed E-state index contributed by atoms with van der Waals surface area (Å²) >= 11 is 5.75. The molecule has 0 bridgehead atoms. The quantitative estimate of drug-likeness (QED) is 0.658. The van der Waals surface area contributed by atoms with Gasteiger partial charge >= 0.3 is 6.18 Å². The Kier molecular flexibility index (Phi) is 7.25. The van der Waals surface area contributed by atoms with Gasteiger partial charge in [-0.15, -0.1) is 0 Å². The second kappa shape index (κ2) is 9.29. The number of carbonyl (C=O) groups is 2. The molecule has 0 aliphatic rings. The smallest absolute Gasteiger partial charge is 0.417 e. The van der Waals surface area contributed by atoms with Crippen LogP contribution in [0.25, 0.3) is 0 Å². The molecule has 2 amide bonds. The van der Waals surface area contributed by atoms with Gasteiger partial charge in [-0.05, 0) is 18.2 Å². The number of ether oxygens (including phenoxy) is 1. The highest BCUT2D eigenvalue weighted by molar-refractivity contribution is 6.31. The van der Waals surface area contributed by atoms with Crippen molar-refractivity contribution in [2.75, 3.05) is 18.5 Å². The van der Waals surface area contributed by atoms with Crippen molar-refractivity contribution in [2.45, 2.75) is 26.9 Å². The first kappa shape index (κ1) is 23.4. The SMILES string of the molecule is CC(C)(C)C(=O)Nc1cc(C(=O)NCCOc2ncc(C(F)(F)F)cc2Cl)ccn1. The minimum absolute atomic E-state index is 0.0455. The number of carbonyl (C=O) groups excluding carboxylic acids is 2. The van der Waals surface area contributed by atoms with Crippen LogP contribution in [-0.4, -0.2) is 34.9 Å². The van der Waals surface area contributed by atoms with E-state index in [1.165, 1.54) is 18.3 Å². The van der Waals surface area contributed by atoms with Gasteiger partial charge in [0.05, 0.1) is 12.1 Å². The first-order valence-electron chi connectivity index (χ1n) is 8.79. The van der Waals surface area contributed by atoms with Gasteiger partial charge in [-0.2, -0.15) is 13.2 Å². The van der Waals surface area contributed by atoms with E-state index in [9.17, 15) is 22.8 Å². The summed E-state index contributed by atoms with van der Waals surface area (Å²) in [5.74, 6) is -0.629. The Morgan fingerprint density at radius 3 is 2.47 bits per heavy atom. The lowest BCUT2D eigenvalue weighted by molar-refractivity contribution is -0.137. The second-order valence-corrected chi connectivity index (χ2v) is 7.65. The maximum atomic E-state index is 12.6. The van der Waals surface area contributed by atoms with E-state index in [4.69, 9.17) is 16.3 Å². The molecule has 0 aliphatic heterocycles. The van der Waals surface area contributed by atoms with Crippen LogP contribution in [0.1, 0.15) is 36.7 Å². The predicted octanol–water partition coefficient (Wildman–Crippen LogP) is 3.94. The topological polar surface area (TPSA) is 93.2 Å². The summed E-state index contributed by atoms with van der Waals surface area (Å²) < 4.78 is 43.0. The molecular formula is C19H20ClF3N4O3. The zero-order chi connectivity index (χ0) is 22.5. The third-order valence-corrected chi connectivity index (χ3v) is 3.98. The molecule has 0 fully saturated rings. The third-order valence-electron chi connectivity index (χ3n) is 3.71. The van der Waals surface area contributed by atoms with Crippen molar-refractivity contribution in [2.24, 2.45) is 5.41 Å². The van der Waals surface area contributed by atoms with E-state index in [-0.39, 0.29) is 41.3 Å². The first-order valence-corrected chi connectivity index (χ1v) is 9.17. The molecule has 0 spiro atoms. The van der Waals surface area contributed by atoms with Gasteiger partial charge in [-0.3, -0.25) is 9.59 Å². The number of anilines is 1. The van der Waals surface area contributed by atoms with Crippen molar-refractivity contribution >= 4 is 29.2 Å². The molecule has 2 rings (SSSR count). The Bertz CT molecular complexity index is 930. The standard InChI is InChI=1S/C19H20ClF3N4O3/c1-18(2,3)17(29)27-14-8-11(4-5-24-14)15(28)25-6-7-30-16-13(20)9-12(10-26-16)19(21,22)23/h4-5,8-10H,6-7H2,1-3H3,(H,25,28)(H,24,27,29). The lowest BCUT2D eigenvalue weighted by Crippen LogP contribution is -2.29. The van der Waals surface area contributed by atoms with Gasteiger partial charge in [0.2, 0.25) is 11.8 Å². The molecule has 0 radical (unpaired) electrons. The van der Waals surface area contributed by atoms with Crippen molar-refractivity contribution in [3.8, 4) is 5.88 Å². The number of halogens is 4. The van der Waals surface area contributed by atoms with E-state index in [2.05, 4.69) is 20.6 Å². The summed E-state index contributed by atoms with van der Waals surface area (Å²) in [5, 5.41) is 4.92. The molecule has 7 nitrogen and oxygen atoms in total. The van der Waals surface area contributed by atoms with Crippen LogP contribution in [-0.2, 0) is 11.0 Å². The summed E-state index contributed by atoms with van der Waals surface area (Å²) in [6.07, 6.45) is -2.56. The maximum Gasteiger partial charge on any atom is 0.417 e. The highest BCUT2D eigenvalue weighted by Gasteiger charge is 2.31. The number of nitrogens with one attached hydrogen (secondary N) is 2. The van der Waals surface area contributed by atoms with Crippen molar-refractivity contribution in [3.63, 3.8) is 0 Å². The number of hydrogen-bond acceptors (Lipinski definition) is 5. The number of pyridine rings is 2. The van der Waals surface area contributed by atoms with Crippen LogP contribution in [0.3, 0.4) is 0 Å². The molecule has 11 heteroatoms. The van der Waals surface area contributed by atoms with Crippen molar-refractivity contribution in [3.05, 3.63) is 46.7 Å². The Hall–Kier alpha value is -2.88. The Labute approximate surface area is 176 Å². The first-order chi connectivity index (χ1) is 13.9. The molecule has 2 aromatic heterocycles. The van der Waals surface area contributed by atoms with E-state index in [1.807, 2.05) is 0 Å². The van der Waals surface area contributed by atoms with Gasteiger partial charge < -0.3 is 15.4 Å². The number of hydrogen-bond donors (Lipinski definition) is 2. The lowest BCUT2D eigenvalue weighted by Gasteiger charge is -2.17. The molecule has 2 heterocycles. The highest BCUT2D eigenvalue weighted by Crippen LogP contribution is 2.33. The van der Waals surface area contributed by atoms with Crippen molar-refractivity contribution in [1.82, 2.24) is 15.3 Å². The van der Waals surface area contributed by atoms with E-state index in [1.54, 1.807) is 20.8 Å². The average Bonchev–Trinajstić information content (AvgIpc) is 2.64. The molecule has 0 saturated heterocycles. The average molecular weight is 445 g/mol. The van der Waals surface area contributed by atoms with Crippen LogP contribution < -0.4 is 15.4 Å². The molecule has 30 heavy (non-hydrogen) atoms. The molecule has 0 aliphatic carbocycles. The summed E-state index contributed by atoms with van der Waals surface area (Å²) in [6.45, 7) is 5.22. The fraction of sp³-hybridized carbons (Fsp3) is 0.368. The normalized spacial score (nSPS) is 11.7. The third kappa shape index (κ3) is 6.58. The number of rotatable bonds is 6. The van der Waals surface area contributed by atoms with Gasteiger partial charge in [-0.25, -0.2) is 9.97 Å². The van der Waals surface area contributed by atoms with E-state index in [0.717, 1.165) is 0 Å². The molecule has 0 saturated carbocycles. The van der Waals surface area contributed by atoms with Crippen LogP contribution in [0.4, 0.5) is 19.0 Å². The van der Waals surface area contributed by atoms with Crippen LogP contribution in [0.5, 0.6) is 5.88 Å². The zero-order valence-corrected chi connectivity index (χ0v) is 17.2. The number of alkyl halides is 3. The fourth-order valence-electron chi connectivity index (χ4n) is 2.04.